The summed E-state index contributed by atoms with van der Waals surface area (Å²) in [6, 6.07) is 0.432. The molecule has 0 aromatic heterocycles. The van der Waals surface area contributed by atoms with Crippen LogP contribution in [0, 0.1) is 17.5 Å². The zero-order chi connectivity index (χ0) is 15.8. The van der Waals surface area contributed by atoms with E-state index in [1.807, 2.05) is 6.92 Å². The van der Waals surface area contributed by atoms with E-state index in [0.717, 1.165) is 6.42 Å². The Balaban J connectivity index is 2.77. The van der Waals surface area contributed by atoms with Gasteiger partial charge in [0.05, 0.1) is 0 Å². The second kappa shape index (κ2) is 8.94. The normalized spacial score (nSPS) is 12.9. The van der Waals surface area contributed by atoms with Gasteiger partial charge in [0.15, 0.2) is 0 Å². The lowest BCUT2D eigenvalue weighted by Crippen LogP contribution is -2.26. The molecule has 1 atom stereocenters. The van der Waals surface area contributed by atoms with Gasteiger partial charge in [-0.1, -0.05) is 6.92 Å². The molecule has 0 radical (unpaired) electrons. The Morgan fingerprint density at radius 3 is 2.29 bits per heavy atom. The van der Waals surface area contributed by atoms with Crippen LogP contribution in [0.25, 0.3) is 0 Å². The molecule has 0 spiro atoms. The zero-order valence-electron chi connectivity index (χ0n) is 11.6. The molecule has 1 rings (SSSR count). The summed E-state index contributed by atoms with van der Waals surface area (Å²) in [5, 5.41) is 2.91. The number of alkyl halides is 2. The SMILES string of the molecule is CCCNC(CCOCC(F)F)c1c(F)cc(F)cc1F. The molecule has 0 fully saturated rings. The molecule has 7 heteroatoms. The molecule has 0 amide bonds. The fraction of sp³-hybridized carbons (Fsp3) is 0.571. The maximum atomic E-state index is 13.7. The Kier molecular flexibility index (Phi) is 7.60. The Bertz CT molecular complexity index is 418. The van der Waals surface area contributed by atoms with Crippen molar-refractivity contribution >= 4 is 0 Å². The van der Waals surface area contributed by atoms with E-state index in [2.05, 4.69) is 5.32 Å². The van der Waals surface area contributed by atoms with Gasteiger partial charge in [0.1, 0.15) is 24.1 Å². The molecule has 1 N–H and O–H groups in total. The van der Waals surface area contributed by atoms with Gasteiger partial charge in [0.25, 0.3) is 6.43 Å². The van der Waals surface area contributed by atoms with E-state index in [0.29, 0.717) is 18.7 Å². The maximum Gasteiger partial charge on any atom is 0.261 e. The predicted octanol–water partition coefficient (Wildman–Crippen LogP) is 3.82. The molecule has 0 aliphatic rings. The quantitative estimate of drug-likeness (QED) is 0.553. The van der Waals surface area contributed by atoms with E-state index in [-0.39, 0.29) is 18.6 Å². The molecule has 21 heavy (non-hydrogen) atoms. The Labute approximate surface area is 120 Å². The molecule has 2 nitrogen and oxygen atoms in total. The summed E-state index contributed by atoms with van der Waals surface area (Å²) in [6.45, 7) is 1.54. The van der Waals surface area contributed by atoms with E-state index in [4.69, 9.17) is 4.74 Å². The second-order valence-corrected chi connectivity index (χ2v) is 4.54. The van der Waals surface area contributed by atoms with Crippen molar-refractivity contribution in [3.8, 4) is 0 Å². The molecular weight excluding hydrogens is 293 g/mol. The van der Waals surface area contributed by atoms with Gasteiger partial charge in [0, 0.05) is 30.3 Å². The first-order valence-corrected chi connectivity index (χ1v) is 6.69. The van der Waals surface area contributed by atoms with Crippen molar-refractivity contribution in [2.45, 2.75) is 32.2 Å². The second-order valence-electron chi connectivity index (χ2n) is 4.54. The van der Waals surface area contributed by atoms with Crippen molar-refractivity contribution in [3.05, 3.63) is 35.1 Å². The van der Waals surface area contributed by atoms with E-state index in [9.17, 15) is 22.0 Å². The van der Waals surface area contributed by atoms with Crippen LogP contribution in [-0.2, 0) is 4.74 Å². The summed E-state index contributed by atoms with van der Waals surface area (Å²) in [5.74, 6) is -3.01. The lowest BCUT2D eigenvalue weighted by atomic mass is 10.0. The fourth-order valence-corrected chi connectivity index (χ4v) is 1.93. The summed E-state index contributed by atoms with van der Waals surface area (Å²) in [7, 11) is 0. The molecule has 0 bridgehead atoms. The third-order valence-electron chi connectivity index (χ3n) is 2.83. The van der Waals surface area contributed by atoms with Gasteiger partial charge in [0.2, 0.25) is 0 Å². The number of ether oxygens (including phenoxy) is 1. The maximum absolute atomic E-state index is 13.7. The first-order valence-electron chi connectivity index (χ1n) is 6.69. The first kappa shape index (κ1) is 17.8. The Morgan fingerprint density at radius 1 is 1.14 bits per heavy atom. The average molecular weight is 311 g/mol. The van der Waals surface area contributed by atoms with Gasteiger partial charge < -0.3 is 10.1 Å². The van der Waals surface area contributed by atoms with E-state index < -0.39 is 36.5 Å². The van der Waals surface area contributed by atoms with Crippen molar-refractivity contribution in [2.24, 2.45) is 0 Å². The number of hydrogen-bond acceptors (Lipinski definition) is 2. The number of hydrogen-bond donors (Lipinski definition) is 1. The van der Waals surface area contributed by atoms with Crippen molar-refractivity contribution in [1.82, 2.24) is 5.32 Å². The topological polar surface area (TPSA) is 21.3 Å². The molecule has 1 unspecified atom stereocenters. The molecule has 0 aliphatic heterocycles. The first-order chi connectivity index (χ1) is 9.95. The molecule has 1 aromatic carbocycles. The van der Waals surface area contributed by atoms with Crippen LogP contribution < -0.4 is 5.32 Å². The van der Waals surface area contributed by atoms with Gasteiger partial charge in [-0.15, -0.1) is 0 Å². The zero-order valence-corrected chi connectivity index (χ0v) is 11.6. The fourth-order valence-electron chi connectivity index (χ4n) is 1.93. The van der Waals surface area contributed by atoms with Crippen LogP contribution in [0.3, 0.4) is 0 Å². The van der Waals surface area contributed by atoms with Crippen LogP contribution in [0.1, 0.15) is 31.4 Å². The number of halogens is 5. The minimum atomic E-state index is -2.59. The molecular formula is C14H18F5NO. The third kappa shape index (κ3) is 5.97. The van der Waals surface area contributed by atoms with Crippen molar-refractivity contribution in [2.75, 3.05) is 19.8 Å². The Morgan fingerprint density at radius 2 is 1.76 bits per heavy atom. The third-order valence-corrected chi connectivity index (χ3v) is 2.83. The summed E-state index contributed by atoms with van der Waals surface area (Å²) in [5.41, 5.74) is -0.300. The molecule has 0 aliphatic carbocycles. The predicted molar refractivity (Wildman–Crippen MR) is 68.8 cm³/mol. The lowest BCUT2D eigenvalue weighted by Gasteiger charge is -2.20. The van der Waals surface area contributed by atoms with Crippen molar-refractivity contribution < 1.29 is 26.7 Å². The van der Waals surface area contributed by atoms with Gasteiger partial charge in [-0.05, 0) is 19.4 Å². The van der Waals surface area contributed by atoms with Gasteiger partial charge in [-0.25, -0.2) is 22.0 Å². The highest BCUT2D eigenvalue weighted by Gasteiger charge is 2.21. The van der Waals surface area contributed by atoms with E-state index >= 15 is 0 Å². The monoisotopic (exact) mass is 311 g/mol. The standard InChI is InChI=1S/C14H18F5NO/c1-2-4-20-12(3-5-21-8-13(18)19)14-10(16)6-9(15)7-11(14)17/h6-7,12-13,20H,2-5,8H2,1H3. The average Bonchev–Trinajstić information content (AvgIpc) is 2.38. The van der Waals surface area contributed by atoms with Crippen molar-refractivity contribution in [3.63, 3.8) is 0 Å². The highest BCUT2D eigenvalue weighted by Crippen LogP contribution is 2.24. The number of nitrogens with one attached hydrogen (secondary N) is 1. The Hall–Kier alpha value is -1.21. The number of rotatable bonds is 9. The molecule has 1 aromatic rings. The molecule has 0 saturated heterocycles. The molecule has 0 saturated carbocycles. The molecule has 0 heterocycles. The summed E-state index contributed by atoms with van der Waals surface area (Å²) >= 11 is 0. The van der Waals surface area contributed by atoms with Crippen LogP contribution in [0.2, 0.25) is 0 Å². The largest absolute Gasteiger partial charge is 0.375 e. The van der Waals surface area contributed by atoms with Gasteiger partial charge in [-0.2, -0.15) is 0 Å². The number of benzene rings is 1. The summed E-state index contributed by atoms with van der Waals surface area (Å²) in [6.07, 6.45) is -1.77. The van der Waals surface area contributed by atoms with E-state index in [1.165, 1.54) is 0 Å². The minimum absolute atomic E-state index is 0.0814. The van der Waals surface area contributed by atoms with Crippen LogP contribution in [-0.4, -0.2) is 26.2 Å². The highest BCUT2D eigenvalue weighted by molar-refractivity contribution is 5.24. The summed E-state index contributed by atoms with van der Waals surface area (Å²) in [4.78, 5) is 0. The minimum Gasteiger partial charge on any atom is -0.375 e. The van der Waals surface area contributed by atoms with Crippen LogP contribution in [0.5, 0.6) is 0 Å². The van der Waals surface area contributed by atoms with Crippen LogP contribution >= 0.6 is 0 Å². The van der Waals surface area contributed by atoms with Gasteiger partial charge >= 0.3 is 0 Å². The van der Waals surface area contributed by atoms with Crippen LogP contribution in [0.4, 0.5) is 22.0 Å². The van der Waals surface area contributed by atoms with Gasteiger partial charge in [-0.3, -0.25) is 0 Å². The smallest absolute Gasteiger partial charge is 0.261 e. The van der Waals surface area contributed by atoms with E-state index in [1.54, 1.807) is 0 Å². The highest BCUT2D eigenvalue weighted by atomic mass is 19.3. The molecule has 120 valence electrons. The lowest BCUT2D eigenvalue weighted by molar-refractivity contribution is 0.0142. The summed E-state index contributed by atoms with van der Waals surface area (Å²) < 4.78 is 69.0. The van der Waals surface area contributed by atoms with Crippen molar-refractivity contribution in [1.29, 1.82) is 0 Å². The van der Waals surface area contributed by atoms with Crippen LogP contribution in [0.15, 0.2) is 12.1 Å².